The van der Waals surface area contributed by atoms with E-state index in [2.05, 4.69) is 37.5 Å². The normalized spacial score (nSPS) is 10.1. The Morgan fingerprint density at radius 2 is 1.76 bits per heavy atom. The van der Waals surface area contributed by atoms with Gasteiger partial charge in [0.2, 0.25) is 6.33 Å². The third kappa shape index (κ3) is 3.01. The number of aromatic nitrogens is 2. The van der Waals surface area contributed by atoms with E-state index in [0.717, 1.165) is 0 Å². The number of hydrogen-bond acceptors (Lipinski definition) is 0. The zero-order chi connectivity index (χ0) is 11.7. The van der Waals surface area contributed by atoms with Gasteiger partial charge in [0, 0.05) is 0 Å². The third-order valence-electron chi connectivity index (χ3n) is 2.72. The first-order chi connectivity index (χ1) is 7.61. The zero-order valence-corrected chi connectivity index (χ0v) is 13.2. The maximum absolute atomic E-state index is 5.78. The molecule has 0 atom stereocenters. The van der Waals surface area contributed by atoms with Gasteiger partial charge in [-0.05, 0) is 31.9 Å². The molecule has 2 aromatic rings. The Labute approximate surface area is 124 Å². The zero-order valence-electron chi connectivity index (χ0n) is 10.2. The summed E-state index contributed by atoms with van der Waals surface area (Å²) in [7, 11) is 0. The molecule has 0 bridgehead atoms. The van der Waals surface area contributed by atoms with Gasteiger partial charge in [0.25, 0.3) is 0 Å². The van der Waals surface area contributed by atoms with E-state index in [0.29, 0.717) is 6.00 Å². The first-order valence-corrected chi connectivity index (χ1v) is 5.86. The van der Waals surface area contributed by atoms with E-state index in [9.17, 15) is 0 Å². The number of nitrogens with zero attached hydrogens (tertiary/aromatic N) is 2. The van der Waals surface area contributed by atoms with Crippen LogP contribution in [-0.4, -0.2) is 4.57 Å². The van der Waals surface area contributed by atoms with E-state index < -0.39 is 0 Å². The molecule has 0 saturated carbocycles. The number of hydrogen-bond donors (Lipinski definition) is 0. The van der Waals surface area contributed by atoms with Crippen LogP contribution >= 0.6 is 11.6 Å². The molecule has 0 aliphatic heterocycles. The number of alkyl halides is 1. The van der Waals surface area contributed by atoms with Crippen molar-refractivity contribution in [1.29, 1.82) is 0 Å². The molecule has 92 valence electrons. The summed E-state index contributed by atoms with van der Waals surface area (Å²) >= 11 is 5.78. The summed E-state index contributed by atoms with van der Waals surface area (Å²) in [4.78, 5) is 0. The minimum absolute atomic E-state index is 0. The van der Waals surface area contributed by atoms with Crippen LogP contribution in [0, 0.1) is 20.8 Å². The van der Waals surface area contributed by atoms with Gasteiger partial charge in [-0.25, -0.2) is 9.13 Å². The maximum Gasteiger partial charge on any atom is 0.249 e. The molecular weight excluding hydrogens is 347 g/mol. The molecule has 2 nitrogen and oxygen atoms in total. The van der Waals surface area contributed by atoms with Crippen LogP contribution in [0.5, 0.6) is 0 Å². The van der Waals surface area contributed by atoms with Crippen LogP contribution in [0.1, 0.15) is 16.7 Å². The Morgan fingerprint density at radius 1 is 1.18 bits per heavy atom. The predicted molar refractivity (Wildman–Crippen MR) is 66.0 cm³/mol. The lowest BCUT2D eigenvalue weighted by Gasteiger charge is -2.06. The van der Waals surface area contributed by atoms with Crippen molar-refractivity contribution >= 4 is 11.6 Å². The van der Waals surface area contributed by atoms with E-state index in [-0.39, 0.29) is 24.0 Å². The summed E-state index contributed by atoms with van der Waals surface area (Å²) in [6.45, 7) is 6.40. The summed E-state index contributed by atoms with van der Waals surface area (Å²) in [5.74, 6) is 0. The average Bonchev–Trinajstić information content (AvgIpc) is 2.64. The molecule has 0 aliphatic rings. The van der Waals surface area contributed by atoms with Gasteiger partial charge in [-0.2, -0.15) is 0 Å². The van der Waals surface area contributed by atoms with Crippen molar-refractivity contribution < 1.29 is 28.5 Å². The topological polar surface area (TPSA) is 8.81 Å². The summed E-state index contributed by atoms with van der Waals surface area (Å²) in [5, 5.41) is 0. The highest BCUT2D eigenvalue weighted by Crippen LogP contribution is 2.20. The smallest absolute Gasteiger partial charge is 0.249 e. The van der Waals surface area contributed by atoms with Crippen LogP contribution in [0.15, 0.2) is 30.9 Å². The maximum atomic E-state index is 5.78. The summed E-state index contributed by atoms with van der Waals surface area (Å²) in [5.41, 5.74) is 5.12. The first kappa shape index (κ1) is 14.5. The fourth-order valence-electron chi connectivity index (χ4n) is 2.18. The summed E-state index contributed by atoms with van der Waals surface area (Å²) in [6.07, 6.45) is 6.02. The van der Waals surface area contributed by atoms with Crippen molar-refractivity contribution in [3.63, 3.8) is 0 Å². The molecule has 0 radical (unpaired) electrons. The second-order valence-electron chi connectivity index (χ2n) is 4.20. The molecule has 1 heterocycles. The van der Waals surface area contributed by atoms with Crippen molar-refractivity contribution in [3.8, 4) is 5.69 Å². The van der Waals surface area contributed by atoms with Gasteiger partial charge in [0.15, 0.2) is 6.00 Å². The van der Waals surface area contributed by atoms with Crippen LogP contribution in [0.4, 0.5) is 0 Å². The summed E-state index contributed by atoms with van der Waals surface area (Å²) in [6, 6.07) is 4.89. The van der Waals surface area contributed by atoms with Crippen LogP contribution in [0.25, 0.3) is 5.69 Å². The number of benzene rings is 1. The average molecular weight is 363 g/mol. The molecule has 0 N–H and O–H groups in total. The molecule has 0 spiro atoms. The lowest BCUT2D eigenvalue weighted by Crippen LogP contribution is -3.00. The molecule has 4 heteroatoms. The second kappa shape index (κ2) is 5.87. The fraction of sp³-hybridized carbons (Fsp3) is 0.308. The van der Waals surface area contributed by atoms with Gasteiger partial charge in [-0.1, -0.05) is 29.3 Å². The van der Waals surface area contributed by atoms with Crippen molar-refractivity contribution in [2.45, 2.75) is 26.8 Å². The van der Waals surface area contributed by atoms with E-state index in [1.807, 2.05) is 23.3 Å². The highest BCUT2D eigenvalue weighted by molar-refractivity contribution is 6.14. The quantitative estimate of drug-likeness (QED) is 0.400. The van der Waals surface area contributed by atoms with Crippen molar-refractivity contribution in [2.75, 3.05) is 0 Å². The molecule has 0 saturated heterocycles. The molecule has 1 aromatic heterocycles. The largest absolute Gasteiger partial charge is 1.00 e. The fourth-order valence-corrected chi connectivity index (χ4v) is 2.32. The van der Waals surface area contributed by atoms with Crippen LogP contribution in [-0.2, 0) is 6.00 Å². The lowest BCUT2D eigenvalue weighted by molar-refractivity contribution is -0.677. The molecule has 17 heavy (non-hydrogen) atoms. The molecule has 1 aromatic carbocycles. The number of halogens is 2. The monoisotopic (exact) mass is 362 g/mol. The Morgan fingerprint density at radius 3 is 2.24 bits per heavy atom. The predicted octanol–water partition coefficient (Wildman–Crippen LogP) is -0.110. The molecular formula is C13H16ClIN2. The SMILES string of the molecule is Cc1cc(C)c(-n2cc[n+](CCl)c2)c(C)c1.[I-]. The molecule has 2 rings (SSSR count). The van der Waals surface area contributed by atoms with Crippen LogP contribution < -0.4 is 28.5 Å². The van der Waals surface area contributed by atoms with Crippen LogP contribution in [0.2, 0.25) is 0 Å². The second-order valence-corrected chi connectivity index (χ2v) is 4.44. The molecule has 0 aliphatic carbocycles. The van der Waals surface area contributed by atoms with Gasteiger partial charge < -0.3 is 24.0 Å². The minimum atomic E-state index is 0. The Hall–Kier alpha value is -0.550. The minimum Gasteiger partial charge on any atom is -1.00 e. The third-order valence-corrected chi connectivity index (χ3v) is 3.00. The molecule has 0 amide bonds. The highest BCUT2D eigenvalue weighted by Gasteiger charge is 2.12. The van der Waals surface area contributed by atoms with Gasteiger partial charge in [-0.3, -0.25) is 0 Å². The van der Waals surface area contributed by atoms with E-state index in [1.54, 1.807) is 0 Å². The van der Waals surface area contributed by atoms with Crippen LogP contribution in [0.3, 0.4) is 0 Å². The summed E-state index contributed by atoms with van der Waals surface area (Å²) < 4.78 is 4.06. The number of rotatable bonds is 2. The van der Waals surface area contributed by atoms with E-state index in [1.165, 1.54) is 22.4 Å². The van der Waals surface area contributed by atoms with Crippen molar-refractivity contribution in [1.82, 2.24) is 4.57 Å². The van der Waals surface area contributed by atoms with Gasteiger partial charge >= 0.3 is 0 Å². The van der Waals surface area contributed by atoms with Crippen molar-refractivity contribution in [3.05, 3.63) is 47.5 Å². The van der Waals surface area contributed by atoms with Gasteiger partial charge in [0.1, 0.15) is 18.1 Å². The Bertz CT molecular complexity index is 497. The molecule has 0 fully saturated rings. The van der Waals surface area contributed by atoms with E-state index in [4.69, 9.17) is 11.6 Å². The van der Waals surface area contributed by atoms with Gasteiger partial charge in [-0.15, -0.1) is 0 Å². The van der Waals surface area contributed by atoms with Crippen molar-refractivity contribution in [2.24, 2.45) is 0 Å². The number of imidazole rings is 1. The Balaban J connectivity index is 0.00000144. The standard InChI is InChI=1S/C13H16ClN2.HI/c1-10-6-11(2)13(12(3)7-10)16-5-4-15(8-14)9-16;/h4-7,9H,8H2,1-3H3;1H/q+1;/p-1. The van der Waals surface area contributed by atoms with Gasteiger partial charge in [0.05, 0.1) is 0 Å². The lowest BCUT2D eigenvalue weighted by atomic mass is 10.1. The van der Waals surface area contributed by atoms with E-state index >= 15 is 0 Å². The first-order valence-electron chi connectivity index (χ1n) is 5.33. The Kier molecular flexibility index (Phi) is 5.01. The number of aryl methyl sites for hydroxylation is 3. The highest BCUT2D eigenvalue weighted by atomic mass is 127. The molecule has 0 unspecified atom stereocenters.